The fourth-order valence-electron chi connectivity index (χ4n) is 3.20. The fourth-order valence-corrected chi connectivity index (χ4v) is 4.12. The average Bonchev–Trinajstić information content (AvgIpc) is 3.41. The van der Waals surface area contributed by atoms with Crippen molar-refractivity contribution in [1.29, 1.82) is 5.26 Å². The van der Waals surface area contributed by atoms with Gasteiger partial charge in [0.25, 0.3) is 0 Å². The van der Waals surface area contributed by atoms with Crippen molar-refractivity contribution >= 4 is 35.0 Å². The summed E-state index contributed by atoms with van der Waals surface area (Å²) in [7, 11) is 1.59. The Labute approximate surface area is 200 Å². The number of aromatic nitrogens is 3. The van der Waals surface area contributed by atoms with Crippen molar-refractivity contribution in [2.45, 2.75) is 20.0 Å². The van der Waals surface area contributed by atoms with Crippen molar-refractivity contribution in [2.75, 3.05) is 7.11 Å². The molecule has 0 aliphatic heterocycles. The minimum absolute atomic E-state index is 0.328. The number of aryl methyl sites for hydroxylation is 1. The van der Waals surface area contributed by atoms with E-state index < -0.39 is 0 Å². The first-order chi connectivity index (χ1) is 16.1. The number of aliphatic imine (C=N–C) groups is 1. The molecular formula is C24H20ClN5O2S. The van der Waals surface area contributed by atoms with Crippen LogP contribution < -0.4 is 9.47 Å². The molecule has 4 rings (SSSR count). The van der Waals surface area contributed by atoms with Crippen molar-refractivity contribution in [2.24, 2.45) is 4.99 Å². The van der Waals surface area contributed by atoms with Gasteiger partial charge in [-0.1, -0.05) is 23.7 Å². The highest BCUT2D eigenvalue weighted by molar-refractivity contribution is 7.11. The number of nitrogens with zero attached hydrogens (tertiary/aromatic N) is 4. The van der Waals surface area contributed by atoms with Gasteiger partial charge in [-0.2, -0.15) is 10.4 Å². The van der Waals surface area contributed by atoms with Crippen LogP contribution in [0.5, 0.6) is 11.5 Å². The smallest absolute Gasteiger partial charge is 0.191 e. The van der Waals surface area contributed by atoms with Gasteiger partial charge in [0.15, 0.2) is 17.3 Å². The molecule has 1 N–H and O–H groups in total. The maximum atomic E-state index is 9.64. The highest BCUT2D eigenvalue weighted by Gasteiger charge is 2.13. The maximum Gasteiger partial charge on any atom is 0.191 e. The summed E-state index contributed by atoms with van der Waals surface area (Å²) in [6.45, 7) is 2.38. The number of methoxy groups -OCH3 is 1. The van der Waals surface area contributed by atoms with Gasteiger partial charge in [0, 0.05) is 23.9 Å². The molecule has 33 heavy (non-hydrogen) atoms. The summed E-state index contributed by atoms with van der Waals surface area (Å²) in [4.78, 5) is 9.68. The molecule has 0 atom stereocenters. The lowest BCUT2D eigenvalue weighted by molar-refractivity contribution is 0.287. The van der Waals surface area contributed by atoms with Gasteiger partial charge in [0.2, 0.25) is 0 Å². The van der Waals surface area contributed by atoms with Crippen LogP contribution in [0.1, 0.15) is 32.3 Å². The van der Waals surface area contributed by atoms with Gasteiger partial charge in [-0.15, -0.1) is 11.3 Å². The minimum atomic E-state index is 0.328. The lowest BCUT2D eigenvalue weighted by atomic mass is 10.1. The number of hydrogen-bond acceptors (Lipinski definition) is 7. The van der Waals surface area contributed by atoms with Crippen LogP contribution in [0, 0.1) is 18.3 Å². The Morgan fingerprint density at radius 3 is 2.85 bits per heavy atom. The molecule has 0 bridgehead atoms. The number of nitrogens with one attached hydrogen (secondary N) is 1. The lowest BCUT2D eigenvalue weighted by Crippen LogP contribution is -1.97. The van der Waals surface area contributed by atoms with E-state index in [4.69, 9.17) is 21.1 Å². The van der Waals surface area contributed by atoms with Crippen LogP contribution in [0.4, 0.5) is 5.82 Å². The zero-order valence-corrected chi connectivity index (χ0v) is 19.6. The maximum absolute atomic E-state index is 9.64. The minimum Gasteiger partial charge on any atom is -0.493 e. The van der Waals surface area contributed by atoms with Gasteiger partial charge >= 0.3 is 0 Å². The van der Waals surface area contributed by atoms with E-state index in [2.05, 4.69) is 26.2 Å². The van der Waals surface area contributed by atoms with Crippen LogP contribution in [0.2, 0.25) is 5.02 Å². The number of thiazole rings is 1. The van der Waals surface area contributed by atoms with E-state index in [1.807, 2.05) is 55.6 Å². The zero-order valence-electron chi connectivity index (χ0n) is 18.0. The highest BCUT2D eigenvalue weighted by atomic mass is 35.5. The van der Waals surface area contributed by atoms with Gasteiger partial charge in [-0.25, -0.2) is 9.98 Å². The van der Waals surface area contributed by atoms with Crippen LogP contribution in [-0.2, 0) is 13.0 Å². The summed E-state index contributed by atoms with van der Waals surface area (Å²) in [5.41, 5.74) is 2.85. The molecule has 0 unspecified atom stereocenters. The molecule has 0 saturated heterocycles. The van der Waals surface area contributed by atoms with Crippen molar-refractivity contribution in [1.82, 2.24) is 15.2 Å². The van der Waals surface area contributed by atoms with Gasteiger partial charge in [0.1, 0.15) is 18.2 Å². The Bertz CT molecular complexity index is 1340. The van der Waals surface area contributed by atoms with Crippen LogP contribution in [0.3, 0.4) is 0 Å². The molecule has 2 heterocycles. The third kappa shape index (κ3) is 5.58. The van der Waals surface area contributed by atoms with Crippen molar-refractivity contribution in [3.63, 3.8) is 0 Å². The predicted octanol–water partition coefficient (Wildman–Crippen LogP) is 5.63. The fraction of sp³-hybridized carbons (Fsp3) is 0.167. The van der Waals surface area contributed by atoms with Gasteiger partial charge in [-0.05, 0) is 48.4 Å². The van der Waals surface area contributed by atoms with E-state index in [0.29, 0.717) is 46.6 Å². The van der Waals surface area contributed by atoms with Crippen LogP contribution >= 0.6 is 22.9 Å². The first-order valence-corrected chi connectivity index (χ1v) is 11.2. The number of benzene rings is 2. The summed E-state index contributed by atoms with van der Waals surface area (Å²) in [6, 6.07) is 15.2. The Morgan fingerprint density at radius 2 is 2.12 bits per heavy atom. The molecule has 2 aromatic heterocycles. The molecule has 0 aliphatic carbocycles. The Balaban J connectivity index is 1.49. The summed E-state index contributed by atoms with van der Waals surface area (Å²) >= 11 is 7.65. The van der Waals surface area contributed by atoms with Crippen LogP contribution in [0.15, 0.2) is 53.7 Å². The molecule has 0 saturated carbocycles. The first-order valence-electron chi connectivity index (χ1n) is 10.0. The van der Waals surface area contributed by atoms with Crippen molar-refractivity contribution < 1.29 is 9.47 Å². The predicted molar refractivity (Wildman–Crippen MR) is 129 cm³/mol. The molecule has 4 aromatic rings. The third-order valence-corrected chi connectivity index (χ3v) is 5.89. The van der Waals surface area contributed by atoms with E-state index in [1.165, 1.54) is 0 Å². The van der Waals surface area contributed by atoms with Crippen molar-refractivity contribution in [3.05, 3.63) is 86.0 Å². The number of halogens is 1. The zero-order chi connectivity index (χ0) is 23.2. The molecule has 0 radical (unpaired) electrons. The Hall–Kier alpha value is -3.67. The molecular weight excluding hydrogens is 458 g/mol. The molecule has 0 amide bonds. The molecule has 2 aromatic carbocycles. The Kier molecular flexibility index (Phi) is 7.03. The summed E-state index contributed by atoms with van der Waals surface area (Å²) in [5.74, 6) is 1.54. The number of H-pyrrole nitrogens is 1. The standard InChI is InChI=1S/C24H20ClN5O2S/c1-15-27-13-19(33-15)14-32-22-7-6-17(10-23(22)31-2)12-28-24-20(11-26)21(29-30-24)9-16-4-3-5-18(25)8-16/h3-8,10,12-13H,9,14H2,1-2H3,(H,29,30). The van der Waals surface area contributed by atoms with E-state index >= 15 is 0 Å². The van der Waals surface area contributed by atoms with Gasteiger partial charge < -0.3 is 9.47 Å². The topological polar surface area (TPSA) is 96.2 Å². The Morgan fingerprint density at radius 1 is 1.24 bits per heavy atom. The largest absolute Gasteiger partial charge is 0.493 e. The summed E-state index contributed by atoms with van der Waals surface area (Å²) in [5, 5.41) is 18.4. The second-order valence-electron chi connectivity index (χ2n) is 7.12. The molecule has 0 aliphatic rings. The number of nitriles is 1. The van der Waals surface area contributed by atoms with E-state index in [-0.39, 0.29) is 0 Å². The molecule has 7 nitrogen and oxygen atoms in total. The SMILES string of the molecule is COc1cc(C=Nc2n[nH]c(Cc3cccc(Cl)c3)c2C#N)ccc1OCc1cnc(C)s1. The molecule has 166 valence electrons. The number of rotatable bonds is 8. The second-order valence-corrected chi connectivity index (χ2v) is 8.88. The van der Waals surface area contributed by atoms with E-state index in [0.717, 1.165) is 21.0 Å². The van der Waals surface area contributed by atoms with Crippen LogP contribution in [0.25, 0.3) is 0 Å². The number of hydrogen-bond donors (Lipinski definition) is 1. The van der Waals surface area contributed by atoms with Crippen LogP contribution in [-0.4, -0.2) is 28.5 Å². The van der Waals surface area contributed by atoms with E-state index in [1.54, 1.807) is 24.7 Å². The van der Waals surface area contributed by atoms with Crippen molar-refractivity contribution in [3.8, 4) is 17.6 Å². The number of aromatic amines is 1. The molecule has 9 heteroatoms. The normalized spacial score (nSPS) is 11.0. The third-order valence-electron chi connectivity index (χ3n) is 4.77. The average molecular weight is 478 g/mol. The monoisotopic (exact) mass is 477 g/mol. The number of ether oxygens (including phenoxy) is 2. The highest BCUT2D eigenvalue weighted by Crippen LogP contribution is 2.29. The molecule has 0 spiro atoms. The van der Waals surface area contributed by atoms with Gasteiger partial charge in [-0.3, -0.25) is 5.10 Å². The summed E-state index contributed by atoms with van der Waals surface area (Å²) < 4.78 is 11.4. The quantitative estimate of drug-likeness (QED) is 0.332. The first kappa shape index (κ1) is 22.5. The lowest BCUT2D eigenvalue weighted by Gasteiger charge is -2.10. The van der Waals surface area contributed by atoms with E-state index in [9.17, 15) is 5.26 Å². The summed E-state index contributed by atoms with van der Waals surface area (Å²) in [6.07, 6.45) is 3.95. The van der Waals surface area contributed by atoms with Gasteiger partial charge in [0.05, 0.1) is 22.7 Å². The second kappa shape index (κ2) is 10.3. The molecule has 0 fully saturated rings.